The number of thiazole rings is 1. The summed E-state index contributed by atoms with van der Waals surface area (Å²) in [6, 6.07) is 19.3. The molecule has 0 spiro atoms. The molecule has 0 aliphatic rings. The predicted octanol–water partition coefficient (Wildman–Crippen LogP) is 6.50. The molecule has 40 heavy (non-hydrogen) atoms. The van der Waals surface area contributed by atoms with E-state index in [1.807, 2.05) is 70.2 Å². The van der Waals surface area contributed by atoms with Crippen LogP contribution in [0.4, 0.5) is 5.13 Å². The number of benzene rings is 3. The number of hydrogen-bond acceptors (Lipinski definition) is 7. The van der Waals surface area contributed by atoms with Crippen LogP contribution in [0, 0.1) is 6.92 Å². The molecule has 210 valence electrons. The number of amides is 1. The Kier molecular flexibility index (Phi) is 9.67. The maximum absolute atomic E-state index is 13.7. The standard InChI is InChI=1S/C30H34N4O4S2/c1-5-8-19-33(6-2)40(36,37)26-16-12-24(13-17-26)29(35)34(30-32-27-18-9-22(4)20-28(27)39-30)31-21-23-10-14-25(15-11-23)38-7-3/h9-18,20-21H,5-8,19H2,1-4H3/b31-21+. The van der Waals surface area contributed by atoms with Crippen LogP contribution in [0.2, 0.25) is 0 Å². The molecular weight excluding hydrogens is 544 g/mol. The number of unbranched alkanes of at least 4 members (excludes halogenated alkanes) is 1. The molecule has 3 aromatic carbocycles. The van der Waals surface area contributed by atoms with Crippen LogP contribution < -0.4 is 9.75 Å². The van der Waals surface area contributed by atoms with E-state index in [0.717, 1.165) is 39.9 Å². The van der Waals surface area contributed by atoms with Crippen LogP contribution in [0.1, 0.15) is 55.1 Å². The van der Waals surface area contributed by atoms with Crippen molar-refractivity contribution in [3.63, 3.8) is 0 Å². The first kappa shape index (κ1) is 29.4. The third-order valence-corrected chi connectivity index (χ3v) is 9.25. The van der Waals surface area contributed by atoms with Crippen LogP contribution in [-0.4, -0.2) is 49.5 Å². The van der Waals surface area contributed by atoms with Crippen molar-refractivity contribution in [3.8, 4) is 5.75 Å². The van der Waals surface area contributed by atoms with Crippen LogP contribution in [-0.2, 0) is 10.0 Å². The van der Waals surface area contributed by atoms with Crippen LogP contribution in [0.3, 0.4) is 0 Å². The molecule has 0 atom stereocenters. The molecule has 0 saturated carbocycles. The van der Waals surface area contributed by atoms with Crippen LogP contribution >= 0.6 is 11.3 Å². The number of aryl methyl sites for hydroxylation is 1. The number of anilines is 1. The number of aromatic nitrogens is 1. The van der Waals surface area contributed by atoms with Gasteiger partial charge in [-0.1, -0.05) is 37.7 Å². The lowest BCUT2D eigenvalue weighted by atomic mass is 10.2. The summed E-state index contributed by atoms with van der Waals surface area (Å²) in [4.78, 5) is 18.6. The zero-order valence-corrected chi connectivity index (χ0v) is 24.8. The normalized spacial score (nSPS) is 11.9. The highest BCUT2D eigenvalue weighted by Crippen LogP contribution is 2.31. The van der Waals surface area contributed by atoms with Crippen molar-refractivity contribution in [1.29, 1.82) is 0 Å². The van der Waals surface area contributed by atoms with Gasteiger partial charge in [0.1, 0.15) is 5.75 Å². The molecule has 8 nitrogen and oxygen atoms in total. The van der Waals surface area contributed by atoms with Crippen molar-refractivity contribution < 1.29 is 17.9 Å². The van der Waals surface area contributed by atoms with E-state index in [-0.39, 0.29) is 4.90 Å². The van der Waals surface area contributed by atoms with E-state index < -0.39 is 15.9 Å². The lowest BCUT2D eigenvalue weighted by Gasteiger charge is -2.20. The van der Waals surface area contributed by atoms with Gasteiger partial charge in [0.25, 0.3) is 5.91 Å². The number of carbonyl (C=O) groups excluding carboxylic acids is 1. The minimum Gasteiger partial charge on any atom is -0.494 e. The highest BCUT2D eigenvalue weighted by atomic mass is 32.2. The minimum atomic E-state index is -3.66. The van der Waals surface area contributed by atoms with Gasteiger partial charge in [-0.2, -0.15) is 14.4 Å². The second-order valence-corrected chi connectivity index (χ2v) is 12.2. The number of rotatable bonds is 12. The largest absolute Gasteiger partial charge is 0.494 e. The summed E-state index contributed by atoms with van der Waals surface area (Å²) < 4.78 is 34.2. The first-order valence-corrected chi connectivity index (χ1v) is 15.6. The summed E-state index contributed by atoms with van der Waals surface area (Å²) in [6.45, 7) is 9.19. The molecule has 0 N–H and O–H groups in total. The Hall–Kier alpha value is -3.60. The Morgan fingerprint density at radius 2 is 1.75 bits per heavy atom. The Labute approximate surface area is 240 Å². The van der Waals surface area contributed by atoms with Crippen LogP contribution in [0.5, 0.6) is 5.75 Å². The molecule has 0 aliphatic carbocycles. The van der Waals surface area contributed by atoms with Gasteiger partial charge in [-0.3, -0.25) is 4.79 Å². The van der Waals surface area contributed by atoms with Crippen LogP contribution in [0.15, 0.2) is 76.7 Å². The Morgan fingerprint density at radius 3 is 2.40 bits per heavy atom. The lowest BCUT2D eigenvalue weighted by Crippen LogP contribution is -2.32. The molecule has 0 aliphatic heterocycles. The van der Waals surface area contributed by atoms with Crippen molar-refractivity contribution in [2.24, 2.45) is 5.10 Å². The van der Waals surface area contributed by atoms with E-state index in [1.165, 1.54) is 44.9 Å². The fraction of sp³-hybridized carbons (Fsp3) is 0.300. The van der Waals surface area contributed by atoms with Gasteiger partial charge in [0.2, 0.25) is 15.2 Å². The van der Waals surface area contributed by atoms with E-state index in [4.69, 9.17) is 4.74 Å². The smallest absolute Gasteiger partial charge is 0.280 e. The van der Waals surface area contributed by atoms with Gasteiger partial charge in [-0.25, -0.2) is 13.4 Å². The highest BCUT2D eigenvalue weighted by molar-refractivity contribution is 7.89. The van der Waals surface area contributed by atoms with Gasteiger partial charge in [0.15, 0.2) is 0 Å². The molecule has 0 unspecified atom stereocenters. The van der Waals surface area contributed by atoms with Gasteiger partial charge >= 0.3 is 0 Å². The number of ether oxygens (including phenoxy) is 1. The molecule has 1 aromatic heterocycles. The monoisotopic (exact) mass is 578 g/mol. The second-order valence-electron chi connectivity index (χ2n) is 9.21. The van der Waals surface area contributed by atoms with Crippen molar-refractivity contribution in [3.05, 3.63) is 83.4 Å². The van der Waals surface area contributed by atoms with Crippen LogP contribution in [0.25, 0.3) is 10.2 Å². The molecule has 0 fully saturated rings. The van der Waals surface area contributed by atoms with Crippen molar-refractivity contribution in [2.75, 3.05) is 24.7 Å². The Bertz CT molecular complexity index is 1580. The van der Waals surface area contributed by atoms with Crippen molar-refractivity contribution in [1.82, 2.24) is 9.29 Å². The van der Waals surface area contributed by atoms with Gasteiger partial charge < -0.3 is 4.74 Å². The maximum atomic E-state index is 13.7. The SMILES string of the molecule is CCCCN(CC)S(=O)(=O)c1ccc(C(=O)N(/N=C/c2ccc(OCC)cc2)c2nc3ccc(C)cc3s2)cc1. The number of fused-ring (bicyclic) bond motifs is 1. The van der Waals surface area contributed by atoms with Gasteiger partial charge in [0, 0.05) is 18.7 Å². The van der Waals surface area contributed by atoms with Gasteiger partial charge in [-0.15, -0.1) is 0 Å². The quantitative estimate of drug-likeness (QED) is 0.141. The van der Waals surface area contributed by atoms with E-state index in [2.05, 4.69) is 10.1 Å². The molecule has 4 aromatic rings. The molecule has 1 amide bonds. The van der Waals surface area contributed by atoms with E-state index in [9.17, 15) is 13.2 Å². The van der Waals surface area contributed by atoms with E-state index >= 15 is 0 Å². The second kappa shape index (κ2) is 13.2. The fourth-order valence-electron chi connectivity index (χ4n) is 4.06. The predicted molar refractivity (Wildman–Crippen MR) is 162 cm³/mol. The topological polar surface area (TPSA) is 92.2 Å². The fourth-order valence-corrected chi connectivity index (χ4v) is 6.57. The summed E-state index contributed by atoms with van der Waals surface area (Å²) in [5.74, 6) is 0.334. The zero-order valence-electron chi connectivity index (χ0n) is 23.2. The summed E-state index contributed by atoms with van der Waals surface area (Å²) in [5, 5.41) is 6.20. The average molecular weight is 579 g/mol. The highest BCUT2D eigenvalue weighted by Gasteiger charge is 2.25. The van der Waals surface area contributed by atoms with Crippen molar-refractivity contribution >= 4 is 48.8 Å². The average Bonchev–Trinajstić information content (AvgIpc) is 3.37. The van der Waals surface area contributed by atoms with E-state index in [1.54, 1.807) is 6.21 Å². The minimum absolute atomic E-state index is 0.155. The number of sulfonamides is 1. The summed E-state index contributed by atoms with van der Waals surface area (Å²) >= 11 is 1.37. The number of nitrogens with zero attached hydrogens (tertiary/aromatic N) is 4. The number of carbonyl (C=O) groups is 1. The lowest BCUT2D eigenvalue weighted by molar-refractivity contribution is 0.0987. The molecule has 0 bridgehead atoms. The molecule has 0 saturated heterocycles. The first-order valence-electron chi connectivity index (χ1n) is 13.4. The summed E-state index contributed by atoms with van der Waals surface area (Å²) in [5.41, 5.74) is 2.95. The van der Waals surface area contributed by atoms with Gasteiger partial charge in [0.05, 0.1) is 27.9 Å². The van der Waals surface area contributed by atoms with Gasteiger partial charge in [-0.05, 0) is 92.1 Å². The van der Waals surface area contributed by atoms with E-state index in [0.29, 0.717) is 30.4 Å². The number of hydrazone groups is 1. The zero-order chi connectivity index (χ0) is 28.7. The van der Waals surface area contributed by atoms with Crippen molar-refractivity contribution in [2.45, 2.75) is 45.4 Å². The summed E-state index contributed by atoms with van der Waals surface area (Å²) in [6.07, 6.45) is 3.28. The maximum Gasteiger partial charge on any atom is 0.280 e. The third kappa shape index (κ3) is 6.75. The number of hydrogen-bond donors (Lipinski definition) is 0. The first-order chi connectivity index (χ1) is 19.3. The Morgan fingerprint density at radius 1 is 1.02 bits per heavy atom. The molecular formula is C30H34N4O4S2. The molecule has 4 rings (SSSR count). The Balaban J connectivity index is 1.66. The molecule has 10 heteroatoms. The summed E-state index contributed by atoms with van der Waals surface area (Å²) in [7, 11) is -3.66. The molecule has 1 heterocycles. The third-order valence-electron chi connectivity index (χ3n) is 6.27. The molecule has 0 radical (unpaired) electrons.